The maximum absolute atomic E-state index is 5.61. The highest BCUT2D eigenvalue weighted by atomic mass is 16.5. The van der Waals surface area contributed by atoms with Crippen LogP contribution < -0.4 is 5.73 Å². The molecule has 1 aliphatic rings. The predicted molar refractivity (Wildman–Crippen MR) is 63.9 cm³/mol. The third-order valence-corrected chi connectivity index (χ3v) is 3.34. The van der Waals surface area contributed by atoms with Crippen molar-refractivity contribution in [3.05, 3.63) is 0 Å². The molecule has 3 nitrogen and oxygen atoms in total. The van der Waals surface area contributed by atoms with Crippen molar-refractivity contribution in [2.24, 2.45) is 11.7 Å². The molecule has 15 heavy (non-hydrogen) atoms. The van der Waals surface area contributed by atoms with E-state index >= 15 is 0 Å². The Morgan fingerprint density at radius 2 is 2.20 bits per heavy atom. The molecule has 0 bridgehead atoms. The Hall–Kier alpha value is -0.120. The first-order valence-electron chi connectivity index (χ1n) is 6.09. The topological polar surface area (TPSA) is 38.5 Å². The van der Waals surface area contributed by atoms with Gasteiger partial charge in [0.25, 0.3) is 0 Å². The Morgan fingerprint density at radius 3 is 2.80 bits per heavy atom. The molecule has 0 saturated carbocycles. The highest BCUT2D eigenvalue weighted by Crippen LogP contribution is 2.19. The summed E-state index contributed by atoms with van der Waals surface area (Å²) in [6.07, 6.45) is 2.49. The van der Waals surface area contributed by atoms with Gasteiger partial charge in [-0.25, -0.2) is 0 Å². The van der Waals surface area contributed by atoms with E-state index in [4.69, 9.17) is 10.5 Å². The minimum absolute atomic E-state index is 0.213. The van der Waals surface area contributed by atoms with Crippen molar-refractivity contribution >= 4 is 0 Å². The molecule has 0 aromatic rings. The van der Waals surface area contributed by atoms with Gasteiger partial charge in [0.2, 0.25) is 0 Å². The fourth-order valence-electron chi connectivity index (χ4n) is 2.05. The van der Waals surface area contributed by atoms with Crippen molar-refractivity contribution in [3.8, 4) is 0 Å². The van der Waals surface area contributed by atoms with Crippen molar-refractivity contribution in [2.75, 3.05) is 32.8 Å². The molecule has 0 aromatic heterocycles. The summed E-state index contributed by atoms with van der Waals surface area (Å²) in [5.41, 5.74) is 5.82. The van der Waals surface area contributed by atoms with Gasteiger partial charge in [-0.15, -0.1) is 0 Å². The second-order valence-electron chi connectivity index (χ2n) is 5.34. The number of morpholine rings is 1. The maximum Gasteiger partial charge on any atom is 0.0645 e. The summed E-state index contributed by atoms with van der Waals surface area (Å²) >= 11 is 0. The molecule has 1 heterocycles. The van der Waals surface area contributed by atoms with Crippen molar-refractivity contribution in [1.82, 2.24) is 4.90 Å². The van der Waals surface area contributed by atoms with E-state index in [1.807, 2.05) is 0 Å². The van der Waals surface area contributed by atoms with Crippen molar-refractivity contribution < 1.29 is 4.74 Å². The molecular weight excluding hydrogens is 188 g/mol. The SMILES string of the molecule is CC(CN)CCCN1CCOCC1(C)C. The van der Waals surface area contributed by atoms with Gasteiger partial charge in [0.15, 0.2) is 0 Å². The standard InChI is InChI=1S/C12H26N2O/c1-11(9-13)5-4-6-14-7-8-15-10-12(14,2)3/h11H,4-10,13H2,1-3H3. The molecule has 1 fully saturated rings. The molecule has 0 aliphatic carbocycles. The second-order valence-corrected chi connectivity index (χ2v) is 5.34. The van der Waals surface area contributed by atoms with E-state index in [1.54, 1.807) is 0 Å². The second kappa shape index (κ2) is 5.83. The minimum atomic E-state index is 0.213. The molecule has 0 spiro atoms. The molecule has 0 amide bonds. The van der Waals surface area contributed by atoms with E-state index in [0.29, 0.717) is 5.92 Å². The largest absolute Gasteiger partial charge is 0.378 e. The molecule has 1 atom stereocenters. The van der Waals surface area contributed by atoms with Gasteiger partial charge in [-0.05, 0) is 45.7 Å². The summed E-state index contributed by atoms with van der Waals surface area (Å²) in [5, 5.41) is 0. The summed E-state index contributed by atoms with van der Waals surface area (Å²) in [6.45, 7) is 11.6. The van der Waals surface area contributed by atoms with Crippen LogP contribution in [0, 0.1) is 5.92 Å². The lowest BCUT2D eigenvalue weighted by atomic mass is 10.0. The Bertz CT molecular complexity index is 182. The number of hydrogen-bond donors (Lipinski definition) is 1. The summed E-state index contributed by atoms with van der Waals surface area (Å²) < 4.78 is 5.50. The number of nitrogens with two attached hydrogens (primary N) is 1. The Kier molecular flexibility index (Phi) is 5.03. The van der Waals surface area contributed by atoms with Gasteiger partial charge in [-0.1, -0.05) is 6.92 Å². The monoisotopic (exact) mass is 214 g/mol. The van der Waals surface area contributed by atoms with Crippen molar-refractivity contribution in [1.29, 1.82) is 0 Å². The van der Waals surface area contributed by atoms with Crippen LogP contribution >= 0.6 is 0 Å². The van der Waals surface area contributed by atoms with Gasteiger partial charge in [0, 0.05) is 12.1 Å². The number of nitrogens with zero attached hydrogens (tertiary/aromatic N) is 1. The van der Waals surface area contributed by atoms with Crippen LogP contribution in [0.25, 0.3) is 0 Å². The van der Waals surface area contributed by atoms with E-state index < -0.39 is 0 Å². The van der Waals surface area contributed by atoms with E-state index in [1.165, 1.54) is 19.4 Å². The van der Waals surface area contributed by atoms with Crippen LogP contribution in [0.5, 0.6) is 0 Å². The molecular formula is C12H26N2O. The molecule has 90 valence electrons. The van der Waals surface area contributed by atoms with Gasteiger partial charge < -0.3 is 10.5 Å². The molecule has 1 rings (SSSR count). The lowest BCUT2D eigenvalue weighted by Crippen LogP contribution is -2.53. The first kappa shape index (κ1) is 12.9. The highest BCUT2D eigenvalue weighted by Gasteiger charge is 2.29. The predicted octanol–water partition coefficient (Wildman–Crippen LogP) is 1.47. The lowest BCUT2D eigenvalue weighted by Gasteiger charge is -2.42. The third kappa shape index (κ3) is 4.09. The molecule has 3 heteroatoms. The first-order chi connectivity index (χ1) is 7.06. The zero-order valence-electron chi connectivity index (χ0n) is 10.5. The van der Waals surface area contributed by atoms with Crippen LogP contribution in [0.15, 0.2) is 0 Å². The van der Waals surface area contributed by atoms with Crippen LogP contribution in [0.4, 0.5) is 0 Å². The quantitative estimate of drug-likeness (QED) is 0.753. The first-order valence-corrected chi connectivity index (χ1v) is 6.09. The fourth-order valence-corrected chi connectivity index (χ4v) is 2.05. The van der Waals surface area contributed by atoms with Crippen LogP contribution in [0.1, 0.15) is 33.6 Å². The summed E-state index contributed by atoms with van der Waals surface area (Å²) in [5.74, 6) is 0.661. The van der Waals surface area contributed by atoms with Crippen LogP contribution in [0.2, 0.25) is 0 Å². The van der Waals surface area contributed by atoms with Crippen molar-refractivity contribution in [3.63, 3.8) is 0 Å². The van der Waals surface area contributed by atoms with Crippen LogP contribution in [-0.4, -0.2) is 43.3 Å². The Morgan fingerprint density at radius 1 is 1.47 bits per heavy atom. The Labute approximate surface area is 94.0 Å². The van der Waals surface area contributed by atoms with Gasteiger partial charge in [0.1, 0.15) is 0 Å². The fraction of sp³-hybridized carbons (Fsp3) is 1.00. The highest BCUT2D eigenvalue weighted by molar-refractivity contribution is 4.84. The van der Waals surface area contributed by atoms with Gasteiger partial charge in [0.05, 0.1) is 13.2 Å². The zero-order valence-corrected chi connectivity index (χ0v) is 10.5. The molecule has 0 aromatic carbocycles. The molecule has 1 unspecified atom stereocenters. The van der Waals surface area contributed by atoms with E-state index in [0.717, 1.165) is 26.3 Å². The average Bonchev–Trinajstić information content (AvgIpc) is 2.20. The summed E-state index contributed by atoms with van der Waals surface area (Å²) in [6, 6.07) is 0. The zero-order chi connectivity index (χ0) is 11.3. The number of hydrogen-bond acceptors (Lipinski definition) is 3. The minimum Gasteiger partial charge on any atom is -0.378 e. The van der Waals surface area contributed by atoms with Gasteiger partial charge >= 0.3 is 0 Å². The van der Waals surface area contributed by atoms with E-state index in [2.05, 4.69) is 25.7 Å². The molecule has 1 saturated heterocycles. The average molecular weight is 214 g/mol. The van der Waals surface area contributed by atoms with Crippen LogP contribution in [0.3, 0.4) is 0 Å². The van der Waals surface area contributed by atoms with Crippen molar-refractivity contribution in [2.45, 2.75) is 39.2 Å². The normalized spacial score (nSPS) is 24.0. The van der Waals surface area contributed by atoms with Gasteiger partial charge in [-0.3, -0.25) is 4.90 Å². The van der Waals surface area contributed by atoms with Gasteiger partial charge in [-0.2, -0.15) is 0 Å². The molecule has 0 radical (unpaired) electrons. The Balaban J connectivity index is 2.24. The molecule has 1 aliphatic heterocycles. The molecule has 2 N–H and O–H groups in total. The number of rotatable bonds is 5. The third-order valence-electron chi connectivity index (χ3n) is 3.34. The summed E-state index contributed by atoms with van der Waals surface area (Å²) in [4.78, 5) is 2.54. The smallest absolute Gasteiger partial charge is 0.0645 e. The van der Waals surface area contributed by atoms with E-state index in [-0.39, 0.29) is 5.54 Å². The lowest BCUT2D eigenvalue weighted by molar-refractivity contribution is -0.0516. The van der Waals surface area contributed by atoms with Crippen LogP contribution in [-0.2, 0) is 4.74 Å². The van der Waals surface area contributed by atoms with E-state index in [9.17, 15) is 0 Å². The maximum atomic E-state index is 5.61. The number of ether oxygens (including phenoxy) is 1. The summed E-state index contributed by atoms with van der Waals surface area (Å²) in [7, 11) is 0.